The lowest BCUT2D eigenvalue weighted by atomic mass is 9.80. The van der Waals surface area contributed by atoms with Gasteiger partial charge in [0.05, 0.1) is 33.8 Å². The molecule has 0 radical (unpaired) electrons. The summed E-state index contributed by atoms with van der Waals surface area (Å²) in [6.07, 6.45) is 15.3. The Kier molecular flexibility index (Phi) is 19.0. The molecule has 0 bridgehead atoms. The van der Waals surface area contributed by atoms with Gasteiger partial charge in [-0.3, -0.25) is 20.2 Å². The molecule has 4 atom stereocenters. The van der Waals surface area contributed by atoms with Crippen LogP contribution in [-0.2, 0) is 22.3 Å². The minimum Gasteiger partial charge on any atom is -0.444 e. The number of ether oxygens (including phenoxy) is 2. The van der Waals surface area contributed by atoms with E-state index in [1.165, 1.54) is 11.1 Å². The number of hydrogen-bond acceptors (Lipinski definition) is 12. The molecule has 4 aromatic carbocycles. The van der Waals surface area contributed by atoms with Crippen LogP contribution in [0.15, 0.2) is 122 Å². The molecule has 83 heavy (non-hydrogen) atoms. The first-order valence-electron chi connectivity index (χ1n) is 28.0. The maximum absolute atomic E-state index is 13.1. The van der Waals surface area contributed by atoms with Crippen molar-refractivity contribution in [3.63, 3.8) is 0 Å². The van der Waals surface area contributed by atoms with Crippen LogP contribution in [0, 0.1) is 0 Å². The lowest BCUT2D eigenvalue weighted by molar-refractivity contribution is 0.0624. The molecule has 0 spiro atoms. The number of rotatable bonds is 12. The Bertz CT molecular complexity index is 3190. The molecular weight excluding hydrogens is 1090 g/mol. The number of nitrogens with zero attached hydrogens (tertiary/aromatic N) is 4. The molecule has 4 aliphatic carbocycles. The lowest BCUT2D eigenvalue weighted by Crippen LogP contribution is -2.51. The third kappa shape index (κ3) is 16.3. The monoisotopic (exact) mass is 1160 g/mol. The van der Waals surface area contributed by atoms with Crippen molar-refractivity contribution in [2.24, 2.45) is 0 Å². The van der Waals surface area contributed by atoms with Gasteiger partial charge < -0.3 is 30.7 Å². The smallest absolute Gasteiger partial charge is 0.412 e. The Morgan fingerprint density at radius 2 is 0.928 bits per heavy atom. The van der Waals surface area contributed by atoms with Crippen molar-refractivity contribution in [1.82, 2.24) is 30.6 Å². The van der Waals surface area contributed by atoms with Crippen molar-refractivity contribution in [2.75, 3.05) is 21.3 Å². The molecule has 2 fully saturated rings. The van der Waals surface area contributed by atoms with Gasteiger partial charge in [0.25, 0.3) is 11.8 Å². The first-order valence-corrected chi connectivity index (χ1v) is 28.7. The van der Waals surface area contributed by atoms with Crippen molar-refractivity contribution in [3.8, 4) is 0 Å². The average Bonchev–Trinajstić information content (AvgIpc) is 4.28. The second-order valence-corrected chi connectivity index (χ2v) is 24.9. The van der Waals surface area contributed by atoms with Crippen LogP contribution in [0.1, 0.15) is 169 Å². The van der Waals surface area contributed by atoms with Gasteiger partial charge in [0.15, 0.2) is 0 Å². The summed E-state index contributed by atoms with van der Waals surface area (Å²) in [5.41, 5.74) is 8.53. The van der Waals surface area contributed by atoms with E-state index in [2.05, 4.69) is 92.1 Å². The summed E-state index contributed by atoms with van der Waals surface area (Å²) in [5.74, 6) is 0.745. The van der Waals surface area contributed by atoms with Gasteiger partial charge in [0, 0.05) is 56.8 Å². The quantitative estimate of drug-likeness (QED) is 0.0676. The summed E-state index contributed by atoms with van der Waals surface area (Å²) in [6, 6.07) is 30.3. The van der Waals surface area contributed by atoms with Gasteiger partial charge in [0.2, 0.25) is 11.9 Å². The Morgan fingerprint density at radius 1 is 0.554 bits per heavy atom. The molecule has 0 saturated heterocycles. The molecule has 2 aromatic heterocycles. The maximum atomic E-state index is 13.1. The molecular formula is C65H76Cl2N10O6. The first kappa shape index (κ1) is 61.3. The van der Waals surface area contributed by atoms with Crippen LogP contribution < -0.4 is 31.9 Å². The third-order valence-electron chi connectivity index (χ3n) is 14.7. The highest BCUT2D eigenvalue weighted by atomic mass is 35.5. The fourth-order valence-electron chi connectivity index (χ4n) is 11.0. The van der Waals surface area contributed by atoms with Crippen molar-refractivity contribution in [1.29, 1.82) is 0 Å². The van der Waals surface area contributed by atoms with Gasteiger partial charge in [-0.25, -0.2) is 29.5 Å². The molecule has 16 nitrogen and oxygen atoms in total. The summed E-state index contributed by atoms with van der Waals surface area (Å²) in [7, 11) is 0. The number of anilines is 4. The van der Waals surface area contributed by atoms with Crippen molar-refractivity contribution in [2.45, 2.75) is 161 Å². The molecule has 4 amide bonds. The molecule has 436 valence electrons. The highest BCUT2D eigenvalue weighted by Crippen LogP contribution is 2.38. The normalized spacial score (nSPS) is 19.8. The standard InChI is InChI=1S/2C32H36ClN5O3.CH4/c2*1-31(2,3)41-30(40)36-22-14-11-21(12-15-22)28(39)38-32(4)17-7-9-23(18-32)35-29-34-19-26(33)27(37-29)25-16-13-20-8-5-6-10-24(20)25;/h2*5-6,8,10-12,14-16,19,23H,7,9,13,17-18H2,1-4H3,(H,36,40)(H,38,39)(H,34,35,37);1H4/t2*23-,32+;/m11./s1. The van der Waals surface area contributed by atoms with Gasteiger partial charge >= 0.3 is 12.2 Å². The van der Waals surface area contributed by atoms with Gasteiger partial charge in [-0.2, -0.15) is 0 Å². The second kappa shape index (κ2) is 25.8. The van der Waals surface area contributed by atoms with Crippen molar-refractivity contribution < 1.29 is 28.7 Å². The number of halogens is 2. The third-order valence-corrected chi connectivity index (χ3v) is 15.3. The SMILES string of the molecule is C.CC(C)(C)OC(=O)Nc1ccc(C(=O)N[C@@]2(C)CCC[C@@H](Nc3ncc(Cl)c(C4=CCc5ccccc54)n3)C2)cc1.CC(C)(C)OC(=O)Nc1ccc(C(=O)N[C@@]2(C)CCC[C@@H](Nc3ncc(Cl)c(C4=CCc5ccccc54)n3)C2)cc1. The van der Waals surface area contributed by atoms with Gasteiger partial charge in [-0.15, -0.1) is 0 Å². The van der Waals surface area contributed by atoms with Gasteiger partial charge in [-0.05, 0) is 190 Å². The number of carbonyl (C=O) groups excluding carboxylic acids is 4. The van der Waals surface area contributed by atoms with Crippen LogP contribution >= 0.6 is 23.2 Å². The van der Waals surface area contributed by atoms with E-state index in [1.807, 2.05) is 24.3 Å². The molecule has 4 aliphatic rings. The second-order valence-electron chi connectivity index (χ2n) is 24.1. The fourth-order valence-corrected chi connectivity index (χ4v) is 11.4. The van der Waals surface area contributed by atoms with Crippen LogP contribution in [0.4, 0.5) is 32.9 Å². The van der Waals surface area contributed by atoms with Crippen LogP contribution in [-0.4, -0.2) is 78.3 Å². The molecule has 2 saturated carbocycles. The summed E-state index contributed by atoms with van der Waals surface area (Å²) >= 11 is 13.1. The zero-order valence-corrected chi connectivity index (χ0v) is 49.3. The van der Waals surface area contributed by atoms with E-state index in [1.54, 1.807) is 102 Å². The Labute approximate surface area is 497 Å². The summed E-state index contributed by atoms with van der Waals surface area (Å²) in [5, 5.41) is 19.9. The highest BCUT2D eigenvalue weighted by Gasteiger charge is 2.36. The molecule has 0 aliphatic heterocycles. The van der Waals surface area contributed by atoms with E-state index in [-0.39, 0.29) is 31.3 Å². The molecule has 6 N–H and O–H groups in total. The zero-order valence-electron chi connectivity index (χ0n) is 47.8. The minimum atomic E-state index is -0.589. The largest absolute Gasteiger partial charge is 0.444 e. The predicted octanol–water partition coefficient (Wildman–Crippen LogP) is 14.7. The number of fused-ring (bicyclic) bond motifs is 2. The zero-order chi connectivity index (χ0) is 58.4. The number of hydrogen-bond donors (Lipinski definition) is 6. The number of carbonyl (C=O) groups is 4. The van der Waals surface area contributed by atoms with E-state index in [0.717, 1.165) is 97.9 Å². The Hall–Kier alpha value is -7.82. The van der Waals surface area contributed by atoms with Gasteiger partial charge in [-0.1, -0.05) is 91.3 Å². The highest BCUT2D eigenvalue weighted by molar-refractivity contribution is 6.32. The number of aromatic nitrogens is 4. The molecule has 18 heteroatoms. The van der Waals surface area contributed by atoms with Gasteiger partial charge in [0.1, 0.15) is 11.2 Å². The maximum Gasteiger partial charge on any atom is 0.412 e. The predicted molar refractivity (Wildman–Crippen MR) is 331 cm³/mol. The first-order chi connectivity index (χ1) is 39.0. The molecule has 6 aromatic rings. The number of nitrogens with one attached hydrogen (secondary N) is 6. The summed E-state index contributed by atoms with van der Waals surface area (Å²) in [4.78, 5) is 68.9. The van der Waals surface area contributed by atoms with Crippen molar-refractivity contribution >= 4 is 81.6 Å². The topological polar surface area (TPSA) is 210 Å². The van der Waals surface area contributed by atoms with E-state index < -0.39 is 34.5 Å². The molecule has 0 unspecified atom stereocenters. The van der Waals surface area contributed by atoms with E-state index in [0.29, 0.717) is 44.4 Å². The lowest BCUT2D eigenvalue weighted by Gasteiger charge is -2.39. The summed E-state index contributed by atoms with van der Waals surface area (Å²) < 4.78 is 10.6. The average molecular weight is 1160 g/mol. The van der Waals surface area contributed by atoms with Crippen molar-refractivity contribution in [3.05, 3.63) is 176 Å². The van der Waals surface area contributed by atoms with E-state index in [4.69, 9.17) is 42.6 Å². The van der Waals surface area contributed by atoms with Crippen LogP contribution in [0.3, 0.4) is 0 Å². The van der Waals surface area contributed by atoms with Crippen LogP contribution in [0.5, 0.6) is 0 Å². The Balaban J connectivity index is 0.000000214. The Morgan fingerprint density at radius 3 is 1.30 bits per heavy atom. The van der Waals surface area contributed by atoms with Crippen LogP contribution in [0.25, 0.3) is 11.1 Å². The number of benzene rings is 4. The fraction of sp³-hybridized carbons (Fsp3) is 0.385. The van der Waals surface area contributed by atoms with Crippen LogP contribution in [0.2, 0.25) is 10.0 Å². The number of allylic oxidation sites excluding steroid dienone is 2. The molecule has 2 heterocycles. The van der Waals surface area contributed by atoms with E-state index in [9.17, 15) is 19.2 Å². The number of amides is 4. The molecule has 10 rings (SSSR count). The summed E-state index contributed by atoms with van der Waals surface area (Å²) in [6.45, 7) is 15.0. The minimum absolute atomic E-state index is 0. The van der Waals surface area contributed by atoms with E-state index >= 15 is 0 Å².